The van der Waals surface area contributed by atoms with Crippen molar-refractivity contribution in [3.8, 4) is 0 Å². The molecule has 0 aliphatic heterocycles. The number of benzene rings is 1. The van der Waals surface area contributed by atoms with E-state index >= 15 is 0 Å². The number of aliphatic hydroxyl groups is 1. The standard InChI is InChI=1S/C17H24O2/c1-4-15(18)13-6-8-14(9-7-13)17(19)11-5-10-16(2,3)12-17/h6-9,19H,4-5,10-12H2,1-3H3. The van der Waals surface area contributed by atoms with Crippen LogP contribution in [0.4, 0.5) is 0 Å². The SMILES string of the molecule is CCC(=O)c1ccc(C2(O)CCCC(C)(C)C2)cc1. The highest BCUT2D eigenvalue weighted by atomic mass is 16.3. The fourth-order valence-corrected chi connectivity index (χ4v) is 3.24. The van der Waals surface area contributed by atoms with Crippen molar-refractivity contribution in [2.75, 3.05) is 0 Å². The molecule has 1 unspecified atom stereocenters. The van der Waals surface area contributed by atoms with Gasteiger partial charge in [0.1, 0.15) is 0 Å². The minimum Gasteiger partial charge on any atom is -0.385 e. The molecule has 1 aromatic rings. The van der Waals surface area contributed by atoms with Crippen LogP contribution in [0.5, 0.6) is 0 Å². The first-order chi connectivity index (χ1) is 8.86. The van der Waals surface area contributed by atoms with Crippen LogP contribution in [0.15, 0.2) is 24.3 Å². The van der Waals surface area contributed by atoms with Gasteiger partial charge in [-0.15, -0.1) is 0 Å². The van der Waals surface area contributed by atoms with Crippen LogP contribution in [0.3, 0.4) is 0 Å². The van der Waals surface area contributed by atoms with Gasteiger partial charge in [-0.05, 0) is 36.7 Å². The molecule has 19 heavy (non-hydrogen) atoms. The van der Waals surface area contributed by atoms with Crippen LogP contribution in [0, 0.1) is 5.41 Å². The van der Waals surface area contributed by atoms with Crippen LogP contribution in [-0.2, 0) is 5.60 Å². The van der Waals surface area contributed by atoms with Crippen LogP contribution in [0.2, 0.25) is 0 Å². The maximum atomic E-state index is 11.6. The number of rotatable bonds is 3. The molecule has 0 aromatic heterocycles. The van der Waals surface area contributed by atoms with Gasteiger partial charge in [-0.25, -0.2) is 0 Å². The monoisotopic (exact) mass is 260 g/mol. The summed E-state index contributed by atoms with van der Waals surface area (Å²) >= 11 is 0. The predicted molar refractivity (Wildman–Crippen MR) is 77.2 cm³/mol. The van der Waals surface area contributed by atoms with Crippen molar-refractivity contribution in [3.63, 3.8) is 0 Å². The van der Waals surface area contributed by atoms with Crippen LogP contribution in [-0.4, -0.2) is 10.9 Å². The lowest BCUT2D eigenvalue weighted by atomic mass is 9.67. The average Bonchev–Trinajstić information content (AvgIpc) is 2.36. The van der Waals surface area contributed by atoms with Gasteiger partial charge in [-0.1, -0.05) is 45.0 Å². The Hall–Kier alpha value is -1.15. The van der Waals surface area contributed by atoms with Gasteiger partial charge in [0.05, 0.1) is 5.60 Å². The lowest BCUT2D eigenvalue weighted by molar-refractivity contribution is -0.0440. The molecule has 1 aliphatic rings. The van der Waals surface area contributed by atoms with Crippen molar-refractivity contribution >= 4 is 5.78 Å². The lowest BCUT2D eigenvalue weighted by Gasteiger charge is -2.42. The van der Waals surface area contributed by atoms with Crippen molar-refractivity contribution in [2.24, 2.45) is 5.41 Å². The topological polar surface area (TPSA) is 37.3 Å². The van der Waals surface area contributed by atoms with Crippen molar-refractivity contribution in [3.05, 3.63) is 35.4 Å². The molecular formula is C17H24O2. The number of hydrogen-bond donors (Lipinski definition) is 1. The molecule has 1 aromatic carbocycles. The predicted octanol–water partition coefficient (Wildman–Crippen LogP) is 4.07. The van der Waals surface area contributed by atoms with Gasteiger partial charge < -0.3 is 5.11 Å². The number of ketones is 1. The molecule has 1 fully saturated rings. The van der Waals surface area contributed by atoms with E-state index in [2.05, 4.69) is 13.8 Å². The highest BCUT2D eigenvalue weighted by molar-refractivity contribution is 5.95. The Bertz CT molecular complexity index is 459. The zero-order valence-electron chi connectivity index (χ0n) is 12.2. The van der Waals surface area contributed by atoms with Crippen molar-refractivity contribution in [1.82, 2.24) is 0 Å². The van der Waals surface area contributed by atoms with Gasteiger partial charge in [0.15, 0.2) is 5.78 Å². The van der Waals surface area contributed by atoms with Crippen LogP contribution in [0.1, 0.15) is 68.8 Å². The Morgan fingerprint density at radius 1 is 1.21 bits per heavy atom. The smallest absolute Gasteiger partial charge is 0.162 e. The fourth-order valence-electron chi connectivity index (χ4n) is 3.24. The zero-order valence-corrected chi connectivity index (χ0v) is 12.2. The van der Waals surface area contributed by atoms with Crippen molar-refractivity contribution in [1.29, 1.82) is 0 Å². The van der Waals surface area contributed by atoms with Gasteiger partial charge in [-0.2, -0.15) is 0 Å². The summed E-state index contributed by atoms with van der Waals surface area (Å²) in [5.74, 6) is 0.155. The van der Waals surface area contributed by atoms with E-state index in [9.17, 15) is 9.90 Å². The quantitative estimate of drug-likeness (QED) is 0.832. The number of hydrogen-bond acceptors (Lipinski definition) is 2. The van der Waals surface area contributed by atoms with Crippen LogP contribution < -0.4 is 0 Å². The summed E-state index contributed by atoms with van der Waals surface area (Å²) in [6.07, 6.45) is 4.36. The first-order valence-electron chi connectivity index (χ1n) is 7.22. The Balaban J connectivity index is 2.24. The molecule has 0 saturated heterocycles. The summed E-state index contributed by atoms with van der Waals surface area (Å²) in [4.78, 5) is 11.6. The molecule has 2 nitrogen and oxygen atoms in total. The van der Waals surface area contributed by atoms with E-state index in [0.29, 0.717) is 6.42 Å². The minimum atomic E-state index is -0.727. The van der Waals surface area contributed by atoms with Gasteiger partial charge in [-0.3, -0.25) is 4.79 Å². The van der Waals surface area contributed by atoms with E-state index in [4.69, 9.17) is 0 Å². The zero-order chi connectivity index (χ0) is 14.1. The van der Waals surface area contributed by atoms with E-state index in [1.807, 2.05) is 31.2 Å². The fraction of sp³-hybridized carbons (Fsp3) is 0.588. The summed E-state index contributed by atoms with van der Waals surface area (Å²) in [5, 5.41) is 10.9. The molecule has 104 valence electrons. The number of Topliss-reactive ketones (excluding diaryl/α,β-unsaturated/α-hetero) is 1. The molecular weight excluding hydrogens is 236 g/mol. The summed E-state index contributed by atoms with van der Waals surface area (Å²) in [6, 6.07) is 7.54. The lowest BCUT2D eigenvalue weighted by Crippen LogP contribution is -2.36. The molecule has 1 saturated carbocycles. The van der Waals surface area contributed by atoms with Crippen molar-refractivity contribution < 1.29 is 9.90 Å². The van der Waals surface area contributed by atoms with Crippen molar-refractivity contribution in [2.45, 2.75) is 58.5 Å². The maximum Gasteiger partial charge on any atom is 0.162 e. The first kappa shape index (κ1) is 14.3. The second-order valence-electron chi connectivity index (χ2n) is 6.58. The number of carbonyl (C=O) groups is 1. The molecule has 0 bridgehead atoms. The van der Waals surface area contributed by atoms with Crippen LogP contribution >= 0.6 is 0 Å². The molecule has 2 heteroatoms. The third-order valence-electron chi connectivity index (χ3n) is 4.28. The second kappa shape index (κ2) is 5.09. The Morgan fingerprint density at radius 3 is 2.37 bits per heavy atom. The van der Waals surface area contributed by atoms with E-state index in [1.165, 1.54) is 6.42 Å². The third kappa shape index (κ3) is 3.06. The Labute approximate surface area is 115 Å². The van der Waals surface area contributed by atoms with Gasteiger partial charge in [0.25, 0.3) is 0 Å². The Morgan fingerprint density at radius 2 is 1.84 bits per heavy atom. The van der Waals surface area contributed by atoms with E-state index < -0.39 is 5.60 Å². The highest BCUT2D eigenvalue weighted by Crippen LogP contribution is 2.46. The molecule has 1 atom stereocenters. The summed E-state index contributed by atoms with van der Waals surface area (Å²) in [6.45, 7) is 6.30. The molecule has 2 rings (SSSR count). The van der Waals surface area contributed by atoms with Gasteiger partial charge in [0.2, 0.25) is 0 Å². The molecule has 1 aliphatic carbocycles. The van der Waals surface area contributed by atoms with E-state index in [-0.39, 0.29) is 11.2 Å². The van der Waals surface area contributed by atoms with E-state index in [0.717, 1.165) is 30.4 Å². The van der Waals surface area contributed by atoms with Crippen LogP contribution in [0.25, 0.3) is 0 Å². The Kier molecular flexibility index (Phi) is 3.82. The molecule has 1 N–H and O–H groups in total. The normalized spacial score (nSPS) is 26.1. The second-order valence-corrected chi connectivity index (χ2v) is 6.58. The molecule has 0 spiro atoms. The molecule has 0 radical (unpaired) electrons. The van der Waals surface area contributed by atoms with Gasteiger partial charge in [0, 0.05) is 12.0 Å². The molecule has 0 heterocycles. The minimum absolute atomic E-state index is 0.155. The largest absolute Gasteiger partial charge is 0.385 e. The third-order valence-corrected chi connectivity index (χ3v) is 4.28. The maximum absolute atomic E-state index is 11.6. The van der Waals surface area contributed by atoms with E-state index in [1.54, 1.807) is 0 Å². The average molecular weight is 260 g/mol. The molecule has 0 amide bonds. The van der Waals surface area contributed by atoms with Gasteiger partial charge >= 0.3 is 0 Å². The first-order valence-corrected chi connectivity index (χ1v) is 7.22. The summed E-state index contributed by atoms with van der Waals surface area (Å²) in [7, 11) is 0. The summed E-state index contributed by atoms with van der Waals surface area (Å²) in [5.41, 5.74) is 1.15. The summed E-state index contributed by atoms with van der Waals surface area (Å²) < 4.78 is 0. The highest BCUT2D eigenvalue weighted by Gasteiger charge is 2.39. The number of carbonyl (C=O) groups excluding carboxylic acids is 1.